The van der Waals surface area contributed by atoms with Crippen LogP contribution in [0.3, 0.4) is 0 Å². The summed E-state index contributed by atoms with van der Waals surface area (Å²) in [5.41, 5.74) is 6.97. The minimum Gasteiger partial charge on any atom is -0.346 e. The van der Waals surface area contributed by atoms with Crippen molar-refractivity contribution < 1.29 is 9.59 Å². The highest BCUT2D eigenvalue weighted by Crippen LogP contribution is 2.22. The molecule has 3 rings (SSSR count). The SMILES string of the molecule is CCCC(=O)N1CCCCC1C(=O)NC(CN)c1ccc2ccccc2c1.Cl. The van der Waals surface area contributed by atoms with Crippen LogP contribution in [0.4, 0.5) is 0 Å². The number of amides is 2. The van der Waals surface area contributed by atoms with Crippen molar-refractivity contribution in [1.82, 2.24) is 10.2 Å². The summed E-state index contributed by atoms with van der Waals surface area (Å²) in [6.07, 6.45) is 3.94. The summed E-state index contributed by atoms with van der Waals surface area (Å²) in [5.74, 6) is -0.0184. The highest BCUT2D eigenvalue weighted by molar-refractivity contribution is 5.88. The van der Waals surface area contributed by atoms with Gasteiger partial charge in [-0.05, 0) is 48.1 Å². The van der Waals surface area contributed by atoms with Gasteiger partial charge in [0.1, 0.15) is 6.04 Å². The number of fused-ring (bicyclic) bond motifs is 1. The summed E-state index contributed by atoms with van der Waals surface area (Å²) in [6.45, 7) is 2.97. The van der Waals surface area contributed by atoms with Crippen molar-refractivity contribution in [3.8, 4) is 0 Å². The monoisotopic (exact) mass is 403 g/mol. The van der Waals surface area contributed by atoms with Gasteiger partial charge in [-0.15, -0.1) is 12.4 Å². The third-order valence-corrected chi connectivity index (χ3v) is 5.32. The van der Waals surface area contributed by atoms with Gasteiger partial charge in [0.2, 0.25) is 11.8 Å². The number of carbonyl (C=O) groups is 2. The minimum absolute atomic E-state index is 0. The molecule has 1 fully saturated rings. The minimum atomic E-state index is -0.382. The van der Waals surface area contributed by atoms with E-state index in [9.17, 15) is 9.59 Å². The maximum atomic E-state index is 13.0. The first kappa shape index (κ1) is 22.2. The van der Waals surface area contributed by atoms with Gasteiger partial charge in [0, 0.05) is 19.5 Å². The molecule has 2 unspecified atom stereocenters. The van der Waals surface area contributed by atoms with Crippen LogP contribution in [0.2, 0.25) is 0 Å². The molecule has 1 heterocycles. The smallest absolute Gasteiger partial charge is 0.243 e. The zero-order chi connectivity index (χ0) is 19.2. The molecule has 28 heavy (non-hydrogen) atoms. The largest absolute Gasteiger partial charge is 0.346 e. The number of rotatable bonds is 6. The van der Waals surface area contributed by atoms with Gasteiger partial charge < -0.3 is 16.0 Å². The third-order valence-electron chi connectivity index (χ3n) is 5.32. The molecule has 3 N–H and O–H groups in total. The van der Waals surface area contributed by atoms with Crippen molar-refractivity contribution in [3.05, 3.63) is 48.0 Å². The van der Waals surface area contributed by atoms with E-state index in [1.165, 1.54) is 0 Å². The first-order valence-corrected chi connectivity index (χ1v) is 9.92. The molecular weight excluding hydrogens is 374 g/mol. The molecule has 2 atom stereocenters. The average Bonchev–Trinajstić information content (AvgIpc) is 2.71. The number of piperidine rings is 1. The first-order chi connectivity index (χ1) is 13.1. The van der Waals surface area contributed by atoms with E-state index in [0.29, 0.717) is 19.5 Å². The van der Waals surface area contributed by atoms with Crippen LogP contribution in [0.1, 0.15) is 50.6 Å². The maximum Gasteiger partial charge on any atom is 0.243 e. The van der Waals surface area contributed by atoms with Gasteiger partial charge in [-0.1, -0.05) is 43.3 Å². The Morgan fingerprint density at radius 2 is 1.93 bits per heavy atom. The summed E-state index contributed by atoms with van der Waals surface area (Å²) < 4.78 is 0. The molecular formula is C22H30ClN3O2. The fourth-order valence-corrected chi connectivity index (χ4v) is 3.83. The van der Waals surface area contributed by atoms with Gasteiger partial charge in [-0.2, -0.15) is 0 Å². The van der Waals surface area contributed by atoms with Crippen LogP contribution in [0.5, 0.6) is 0 Å². The number of nitrogens with zero attached hydrogens (tertiary/aromatic N) is 1. The lowest BCUT2D eigenvalue weighted by molar-refractivity contribution is -0.142. The van der Waals surface area contributed by atoms with Crippen molar-refractivity contribution in [3.63, 3.8) is 0 Å². The molecule has 2 aromatic rings. The van der Waals surface area contributed by atoms with Crippen LogP contribution in [-0.4, -0.2) is 35.8 Å². The first-order valence-electron chi connectivity index (χ1n) is 9.92. The van der Waals surface area contributed by atoms with E-state index in [2.05, 4.69) is 29.6 Å². The predicted molar refractivity (Wildman–Crippen MR) is 115 cm³/mol. The summed E-state index contributed by atoms with van der Waals surface area (Å²) in [5, 5.41) is 5.37. The number of nitrogens with two attached hydrogens (primary N) is 1. The molecule has 6 heteroatoms. The van der Waals surface area contributed by atoms with Crippen molar-refractivity contribution in [2.24, 2.45) is 5.73 Å². The number of hydrogen-bond donors (Lipinski definition) is 2. The Labute approximate surface area is 173 Å². The normalized spacial score (nSPS) is 17.6. The second kappa shape index (κ2) is 10.4. The number of carbonyl (C=O) groups excluding carboxylic acids is 2. The van der Waals surface area contributed by atoms with Crippen molar-refractivity contribution in [1.29, 1.82) is 0 Å². The lowest BCUT2D eigenvalue weighted by Crippen LogP contribution is -2.53. The Morgan fingerprint density at radius 1 is 1.18 bits per heavy atom. The molecule has 0 radical (unpaired) electrons. The standard InChI is InChI=1S/C22H29N3O2.ClH/c1-2-7-21(26)25-13-6-5-10-20(25)22(27)24-19(15-23)18-12-11-16-8-3-4-9-17(16)14-18;/h3-4,8-9,11-12,14,19-20H,2,5-7,10,13,15,23H2,1H3,(H,24,27);1H. The van der Waals surface area contributed by atoms with Crippen LogP contribution in [0, 0.1) is 0 Å². The number of hydrogen-bond acceptors (Lipinski definition) is 3. The Kier molecular flexibility index (Phi) is 8.27. The van der Waals surface area contributed by atoms with E-state index < -0.39 is 0 Å². The van der Waals surface area contributed by atoms with Crippen LogP contribution in [0.15, 0.2) is 42.5 Å². The second-order valence-corrected chi connectivity index (χ2v) is 7.25. The Hall–Kier alpha value is -2.11. The fourth-order valence-electron chi connectivity index (χ4n) is 3.83. The fraction of sp³-hybridized carbons (Fsp3) is 0.455. The summed E-state index contributed by atoms with van der Waals surface area (Å²) in [6, 6.07) is 13.6. The van der Waals surface area contributed by atoms with E-state index in [0.717, 1.165) is 42.0 Å². The third kappa shape index (κ3) is 5.03. The van der Waals surface area contributed by atoms with Crippen LogP contribution in [-0.2, 0) is 9.59 Å². The topological polar surface area (TPSA) is 75.4 Å². The van der Waals surface area contributed by atoms with Crippen molar-refractivity contribution >= 4 is 35.0 Å². The predicted octanol–water partition coefficient (Wildman–Crippen LogP) is 3.56. The molecule has 1 aliphatic heterocycles. The van der Waals surface area contributed by atoms with Crippen LogP contribution in [0.25, 0.3) is 10.8 Å². The number of nitrogens with one attached hydrogen (secondary N) is 1. The Morgan fingerprint density at radius 3 is 2.64 bits per heavy atom. The summed E-state index contributed by atoms with van der Waals surface area (Å²) >= 11 is 0. The molecule has 2 amide bonds. The number of halogens is 1. The second-order valence-electron chi connectivity index (χ2n) is 7.25. The molecule has 152 valence electrons. The Bertz CT molecular complexity index is 811. The average molecular weight is 404 g/mol. The van der Waals surface area contributed by atoms with Gasteiger partial charge in [-0.3, -0.25) is 9.59 Å². The van der Waals surface area contributed by atoms with Crippen LogP contribution < -0.4 is 11.1 Å². The molecule has 0 spiro atoms. The zero-order valence-corrected chi connectivity index (χ0v) is 17.2. The lowest BCUT2D eigenvalue weighted by atomic mass is 9.98. The molecule has 2 aromatic carbocycles. The summed E-state index contributed by atoms with van der Waals surface area (Å²) in [4.78, 5) is 27.1. The highest BCUT2D eigenvalue weighted by atomic mass is 35.5. The van der Waals surface area contributed by atoms with Gasteiger partial charge >= 0.3 is 0 Å². The molecule has 0 saturated carbocycles. The lowest BCUT2D eigenvalue weighted by Gasteiger charge is -2.35. The van der Waals surface area contributed by atoms with Gasteiger partial charge in [0.25, 0.3) is 0 Å². The zero-order valence-electron chi connectivity index (χ0n) is 16.4. The highest BCUT2D eigenvalue weighted by Gasteiger charge is 2.32. The van der Waals surface area contributed by atoms with Crippen molar-refractivity contribution in [2.75, 3.05) is 13.1 Å². The van der Waals surface area contributed by atoms with E-state index in [4.69, 9.17) is 5.73 Å². The molecule has 1 saturated heterocycles. The van der Waals surface area contributed by atoms with Gasteiger partial charge in [0.05, 0.1) is 6.04 Å². The van der Waals surface area contributed by atoms with Gasteiger partial charge in [0.15, 0.2) is 0 Å². The number of benzene rings is 2. The molecule has 0 bridgehead atoms. The summed E-state index contributed by atoms with van der Waals surface area (Å²) in [7, 11) is 0. The molecule has 0 aromatic heterocycles. The number of likely N-dealkylation sites (tertiary alicyclic amines) is 1. The van der Waals surface area contributed by atoms with Gasteiger partial charge in [-0.25, -0.2) is 0 Å². The van der Waals surface area contributed by atoms with E-state index in [1.54, 1.807) is 4.90 Å². The molecule has 1 aliphatic rings. The van der Waals surface area contributed by atoms with E-state index >= 15 is 0 Å². The Balaban J connectivity index is 0.00000280. The van der Waals surface area contributed by atoms with Crippen molar-refractivity contribution in [2.45, 2.75) is 51.1 Å². The molecule has 5 nitrogen and oxygen atoms in total. The van der Waals surface area contributed by atoms with E-state index in [-0.39, 0.29) is 36.3 Å². The quantitative estimate of drug-likeness (QED) is 0.774. The molecule has 0 aliphatic carbocycles. The van der Waals surface area contributed by atoms with E-state index in [1.807, 2.05) is 25.1 Å². The maximum absolute atomic E-state index is 13.0. The van der Waals surface area contributed by atoms with Crippen LogP contribution >= 0.6 is 12.4 Å².